The van der Waals surface area contributed by atoms with E-state index >= 15 is 0 Å². The van der Waals surface area contributed by atoms with Crippen molar-refractivity contribution >= 4 is 59.2 Å². The number of hydrogen-bond acceptors (Lipinski definition) is 2. The SMILES string of the molecule is C[Si](C)(C)c1c(Cl)oc2c(Cl)c(Cl)cnc12. The van der Waals surface area contributed by atoms with Crippen molar-refractivity contribution in [1.82, 2.24) is 4.98 Å². The minimum Gasteiger partial charge on any atom is -0.441 e. The lowest BCUT2D eigenvalue weighted by atomic mass is 10.4. The van der Waals surface area contributed by atoms with Crippen LogP contribution in [0.1, 0.15) is 0 Å². The molecule has 0 unspecified atom stereocenters. The van der Waals surface area contributed by atoms with Crippen LogP contribution in [0.4, 0.5) is 0 Å². The first kappa shape index (κ1) is 12.2. The molecule has 0 N–H and O–H groups in total. The van der Waals surface area contributed by atoms with Crippen LogP contribution < -0.4 is 5.19 Å². The van der Waals surface area contributed by atoms with E-state index in [-0.39, 0.29) is 0 Å². The Hall–Kier alpha value is -0.223. The van der Waals surface area contributed by atoms with Gasteiger partial charge < -0.3 is 4.42 Å². The van der Waals surface area contributed by atoms with Gasteiger partial charge in [0.1, 0.15) is 10.5 Å². The molecule has 0 aromatic carbocycles. The molecule has 2 aromatic rings. The Kier molecular flexibility index (Phi) is 2.99. The van der Waals surface area contributed by atoms with E-state index in [2.05, 4.69) is 24.6 Å². The second kappa shape index (κ2) is 3.91. The lowest BCUT2D eigenvalue weighted by Gasteiger charge is -2.13. The summed E-state index contributed by atoms with van der Waals surface area (Å²) in [4.78, 5) is 4.27. The molecular formula is C10H10Cl3NOSi. The van der Waals surface area contributed by atoms with Crippen molar-refractivity contribution in [2.45, 2.75) is 19.6 Å². The van der Waals surface area contributed by atoms with Crippen LogP contribution in [0.15, 0.2) is 10.6 Å². The standard InChI is InChI=1S/C10H10Cl3NOSi/c1-16(2,3)9-7-8(15-10(9)13)6(12)5(11)4-14-7/h4H,1-3H3. The third-order valence-corrected chi connectivity index (χ3v) is 5.45. The fourth-order valence-electron chi connectivity index (χ4n) is 1.60. The summed E-state index contributed by atoms with van der Waals surface area (Å²) < 4.78 is 5.46. The van der Waals surface area contributed by atoms with Crippen molar-refractivity contribution in [2.75, 3.05) is 0 Å². The first-order valence-corrected chi connectivity index (χ1v) is 9.38. The zero-order valence-corrected chi connectivity index (χ0v) is 12.3. The molecule has 0 aliphatic carbocycles. The Morgan fingerprint density at radius 2 is 1.81 bits per heavy atom. The normalized spacial score (nSPS) is 12.4. The van der Waals surface area contributed by atoms with Crippen LogP contribution in [0.2, 0.25) is 34.9 Å². The third-order valence-electron chi connectivity index (χ3n) is 2.31. The molecule has 6 heteroatoms. The van der Waals surface area contributed by atoms with E-state index < -0.39 is 8.07 Å². The zero-order chi connectivity index (χ0) is 12.1. The highest BCUT2D eigenvalue weighted by atomic mass is 35.5. The van der Waals surface area contributed by atoms with Crippen LogP contribution in [0, 0.1) is 0 Å². The zero-order valence-electron chi connectivity index (χ0n) is 9.07. The van der Waals surface area contributed by atoms with E-state index in [4.69, 9.17) is 39.2 Å². The summed E-state index contributed by atoms with van der Waals surface area (Å²) in [6, 6.07) is 0. The summed E-state index contributed by atoms with van der Waals surface area (Å²) in [5.41, 5.74) is 1.22. The summed E-state index contributed by atoms with van der Waals surface area (Å²) in [6.07, 6.45) is 1.53. The fourth-order valence-corrected chi connectivity index (χ4v) is 4.46. The minimum absolute atomic E-state index is 0.373. The van der Waals surface area contributed by atoms with Gasteiger partial charge in [0.25, 0.3) is 0 Å². The smallest absolute Gasteiger partial charge is 0.195 e. The van der Waals surface area contributed by atoms with Gasteiger partial charge >= 0.3 is 0 Å². The van der Waals surface area contributed by atoms with E-state index in [9.17, 15) is 0 Å². The van der Waals surface area contributed by atoms with Gasteiger partial charge in [0.15, 0.2) is 10.8 Å². The molecule has 0 spiro atoms. The van der Waals surface area contributed by atoms with Crippen molar-refractivity contribution in [2.24, 2.45) is 0 Å². The van der Waals surface area contributed by atoms with Gasteiger partial charge in [-0.1, -0.05) is 42.8 Å². The first-order chi connectivity index (χ1) is 7.32. The monoisotopic (exact) mass is 293 g/mol. The van der Waals surface area contributed by atoms with Gasteiger partial charge in [0.05, 0.1) is 13.1 Å². The molecule has 0 aliphatic heterocycles. The number of hydrogen-bond donors (Lipinski definition) is 0. The van der Waals surface area contributed by atoms with Crippen molar-refractivity contribution in [1.29, 1.82) is 0 Å². The number of fused-ring (bicyclic) bond motifs is 1. The van der Waals surface area contributed by atoms with Gasteiger partial charge in [-0.15, -0.1) is 0 Å². The molecular weight excluding hydrogens is 285 g/mol. The topological polar surface area (TPSA) is 26.0 Å². The Balaban J connectivity index is 2.88. The number of aromatic nitrogens is 1. The van der Waals surface area contributed by atoms with Gasteiger partial charge in [-0.3, -0.25) is 4.98 Å². The van der Waals surface area contributed by atoms with Gasteiger partial charge in [0.2, 0.25) is 0 Å². The largest absolute Gasteiger partial charge is 0.441 e. The molecule has 0 bridgehead atoms. The van der Waals surface area contributed by atoms with Crippen LogP contribution in [-0.2, 0) is 0 Å². The predicted molar refractivity (Wildman–Crippen MR) is 72.0 cm³/mol. The lowest BCUT2D eigenvalue weighted by Crippen LogP contribution is -2.38. The van der Waals surface area contributed by atoms with Gasteiger partial charge in [-0.05, 0) is 11.6 Å². The van der Waals surface area contributed by atoms with Crippen LogP contribution in [0.5, 0.6) is 0 Å². The number of halogens is 3. The maximum absolute atomic E-state index is 6.10. The summed E-state index contributed by atoms with van der Waals surface area (Å²) in [5.74, 6) is 0. The molecule has 0 aliphatic rings. The fraction of sp³-hybridized carbons (Fsp3) is 0.300. The highest BCUT2D eigenvalue weighted by Crippen LogP contribution is 2.32. The molecule has 2 aromatic heterocycles. The first-order valence-electron chi connectivity index (χ1n) is 4.75. The van der Waals surface area contributed by atoms with Gasteiger partial charge in [0, 0.05) is 11.4 Å². The average Bonchev–Trinajstić information content (AvgIpc) is 2.48. The molecule has 2 rings (SSSR count). The van der Waals surface area contributed by atoms with E-state index in [0.717, 1.165) is 10.7 Å². The van der Waals surface area contributed by atoms with Crippen molar-refractivity contribution in [3.05, 3.63) is 21.5 Å². The van der Waals surface area contributed by atoms with Crippen LogP contribution in [0.3, 0.4) is 0 Å². The van der Waals surface area contributed by atoms with Crippen molar-refractivity contribution in [3.63, 3.8) is 0 Å². The van der Waals surface area contributed by atoms with E-state index in [0.29, 0.717) is 20.8 Å². The Morgan fingerprint density at radius 3 is 2.38 bits per heavy atom. The molecule has 0 saturated heterocycles. The molecule has 16 heavy (non-hydrogen) atoms. The summed E-state index contributed by atoms with van der Waals surface area (Å²) in [5, 5.41) is 2.12. The molecule has 0 amide bonds. The molecule has 0 saturated carbocycles. The van der Waals surface area contributed by atoms with Crippen LogP contribution >= 0.6 is 34.8 Å². The van der Waals surface area contributed by atoms with Crippen LogP contribution in [0.25, 0.3) is 11.1 Å². The lowest BCUT2D eigenvalue weighted by molar-refractivity contribution is 0.620. The van der Waals surface area contributed by atoms with Gasteiger partial charge in [-0.2, -0.15) is 0 Å². The molecule has 86 valence electrons. The van der Waals surface area contributed by atoms with E-state index in [1.54, 1.807) is 0 Å². The van der Waals surface area contributed by atoms with Gasteiger partial charge in [-0.25, -0.2) is 0 Å². The minimum atomic E-state index is -1.62. The van der Waals surface area contributed by atoms with Crippen LogP contribution in [-0.4, -0.2) is 13.1 Å². The van der Waals surface area contributed by atoms with E-state index in [1.807, 2.05) is 0 Å². The Morgan fingerprint density at radius 1 is 1.19 bits per heavy atom. The number of pyridine rings is 1. The highest BCUT2D eigenvalue weighted by Gasteiger charge is 2.28. The molecule has 2 nitrogen and oxygen atoms in total. The number of rotatable bonds is 1. The highest BCUT2D eigenvalue weighted by molar-refractivity contribution is 6.91. The Labute approximate surface area is 110 Å². The average molecular weight is 295 g/mol. The molecule has 0 radical (unpaired) electrons. The summed E-state index contributed by atoms with van der Waals surface area (Å²) >= 11 is 18.0. The second-order valence-corrected chi connectivity index (χ2v) is 10.7. The number of furan rings is 1. The van der Waals surface area contributed by atoms with Crippen molar-refractivity contribution < 1.29 is 4.42 Å². The Bertz CT molecular complexity index is 559. The maximum Gasteiger partial charge on any atom is 0.195 e. The van der Waals surface area contributed by atoms with Crippen molar-refractivity contribution in [3.8, 4) is 0 Å². The second-order valence-electron chi connectivity index (χ2n) is 4.60. The third kappa shape index (κ3) is 1.86. The predicted octanol–water partition coefficient (Wildman–Crippen LogP) is 4.33. The number of nitrogens with zero attached hydrogens (tertiary/aromatic N) is 1. The molecule has 0 atom stereocenters. The maximum atomic E-state index is 6.10. The summed E-state index contributed by atoms with van der Waals surface area (Å²) in [7, 11) is -1.62. The molecule has 2 heterocycles. The molecule has 0 fully saturated rings. The quantitative estimate of drug-likeness (QED) is 0.732. The summed E-state index contributed by atoms with van der Waals surface area (Å²) in [6.45, 7) is 6.52. The van der Waals surface area contributed by atoms with E-state index in [1.165, 1.54) is 6.20 Å².